The first-order chi connectivity index (χ1) is 24.8. The van der Waals surface area contributed by atoms with Gasteiger partial charge in [-0.25, -0.2) is 0 Å². The van der Waals surface area contributed by atoms with E-state index in [0.717, 1.165) is 26.1 Å². The van der Waals surface area contributed by atoms with Gasteiger partial charge in [-0.05, 0) is 87.8 Å². The molecule has 0 bridgehead atoms. The molecule has 0 unspecified atom stereocenters. The maximum atomic E-state index is 6.29. The lowest BCUT2D eigenvalue weighted by atomic mass is 10.1. The molecular formula is C47H72O2P+. The molecule has 3 aromatic rings. The highest BCUT2D eigenvalue weighted by molar-refractivity contribution is 7.95. The zero-order valence-electron chi connectivity index (χ0n) is 32.1. The van der Waals surface area contributed by atoms with E-state index in [1.807, 2.05) is 0 Å². The fourth-order valence-electron chi connectivity index (χ4n) is 7.08. The molecule has 0 aliphatic carbocycles. The Morgan fingerprint density at radius 2 is 0.820 bits per heavy atom. The highest BCUT2D eigenvalue weighted by atomic mass is 31.2. The van der Waals surface area contributed by atoms with E-state index >= 15 is 0 Å². The van der Waals surface area contributed by atoms with Gasteiger partial charge in [0.05, 0.1) is 6.16 Å². The van der Waals surface area contributed by atoms with Gasteiger partial charge in [0, 0.05) is 13.2 Å². The summed E-state index contributed by atoms with van der Waals surface area (Å²) in [6.07, 6.45) is 32.7. The zero-order valence-corrected chi connectivity index (χ0v) is 33.0. The summed E-state index contributed by atoms with van der Waals surface area (Å²) in [5.74, 6) is 0. The zero-order chi connectivity index (χ0) is 35.2. The number of rotatable bonds is 31. The first-order valence-corrected chi connectivity index (χ1v) is 22.7. The monoisotopic (exact) mass is 700 g/mol. The van der Waals surface area contributed by atoms with Crippen LogP contribution in [0.5, 0.6) is 0 Å². The van der Waals surface area contributed by atoms with Crippen LogP contribution in [-0.2, 0) is 9.47 Å². The Balaban J connectivity index is 1.39. The number of unbranched alkanes of at least 4 members (excludes halogenated alkanes) is 16. The maximum Gasteiger partial charge on any atom is 0.157 e. The number of allylic oxidation sites excluding steroid dienone is 2. The maximum absolute atomic E-state index is 6.29. The van der Waals surface area contributed by atoms with Crippen molar-refractivity contribution < 1.29 is 9.47 Å². The van der Waals surface area contributed by atoms with E-state index in [1.165, 1.54) is 144 Å². The van der Waals surface area contributed by atoms with Crippen LogP contribution in [0.4, 0.5) is 0 Å². The van der Waals surface area contributed by atoms with Crippen molar-refractivity contribution in [2.24, 2.45) is 0 Å². The molecular weight excluding hydrogens is 627 g/mol. The lowest BCUT2D eigenvalue weighted by Gasteiger charge is -2.27. The van der Waals surface area contributed by atoms with Crippen molar-refractivity contribution in [3.05, 3.63) is 103 Å². The smallest absolute Gasteiger partial charge is 0.157 e. The van der Waals surface area contributed by atoms with Gasteiger partial charge >= 0.3 is 0 Å². The van der Waals surface area contributed by atoms with E-state index in [0.29, 0.717) is 0 Å². The second-order valence-electron chi connectivity index (χ2n) is 14.2. The second-order valence-corrected chi connectivity index (χ2v) is 17.8. The standard InChI is InChI=1S/C47H72O2P/c1-3-5-7-9-14-18-31-41-48-47(49-42-32-19-15-10-8-6-4-2)40-30-17-13-11-12-16-20-33-43-50(44-34-24-21-25-35-44,45-36-26-22-27-37-45)46-38-28-23-29-39-46/h12,16,21-29,34-39,47H,3-11,13-15,17-20,30-33,40-43H2,1-2H3/q+1. The molecule has 50 heavy (non-hydrogen) atoms. The molecule has 3 heteroatoms. The van der Waals surface area contributed by atoms with Gasteiger partial charge in [0.1, 0.15) is 23.2 Å². The topological polar surface area (TPSA) is 18.5 Å². The number of benzene rings is 3. The van der Waals surface area contributed by atoms with Gasteiger partial charge in [0.15, 0.2) is 6.29 Å². The summed E-state index contributed by atoms with van der Waals surface area (Å²) in [6.45, 7) is 6.27. The van der Waals surface area contributed by atoms with Crippen molar-refractivity contribution >= 4 is 23.2 Å². The predicted octanol–water partition coefficient (Wildman–Crippen LogP) is 13.1. The first-order valence-electron chi connectivity index (χ1n) is 20.7. The molecule has 3 rings (SSSR count). The number of ether oxygens (including phenoxy) is 2. The van der Waals surface area contributed by atoms with Gasteiger partial charge < -0.3 is 9.47 Å². The molecule has 0 saturated carbocycles. The van der Waals surface area contributed by atoms with Gasteiger partial charge in [-0.1, -0.05) is 164 Å². The van der Waals surface area contributed by atoms with Crippen molar-refractivity contribution in [2.75, 3.05) is 19.4 Å². The largest absolute Gasteiger partial charge is 0.353 e. The molecule has 0 fully saturated rings. The summed E-state index contributed by atoms with van der Waals surface area (Å²) >= 11 is 0. The Kier molecular flexibility index (Phi) is 23.9. The summed E-state index contributed by atoms with van der Waals surface area (Å²) < 4.78 is 12.6. The molecule has 0 aliphatic rings. The Hall–Kier alpha value is -2.25. The van der Waals surface area contributed by atoms with Gasteiger partial charge in [0.2, 0.25) is 0 Å². The third-order valence-electron chi connectivity index (χ3n) is 10.0. The summed E-state index contributed by atoms with van der Waals surface area (Å²) in [6, 6.07) is 33.8. The van der Waals surface area contributed by atoms with E-state index in [1.54, 1.807) is 0 Å². The molecule has 0 saturated heterocycles. The normalized spacial score (nSPS) is 12.0. The Labute approximate surface area is 309 Å². The van der Waals surface area contributed by atoms with Crippen LogP contribution in [0.25, 0.3) is 0 Å². The van der Waals surface area contributed by atoms with Crippen LogP contribution < -0.4 is 15.9 Å². The highest BCUT2D eigenvalue weighted by Gasteiger charge is 2.44. The Bertz CT molecular complexity index is 1080. The minimum Gasteiger partial charge on any atom is -0.353 e. The Morgan fingerprint density at radius 3 is 1.26 bits per heavy atom. The lowest BCUT2D eigenvalue weighted by molar-refractivity contribution is -0.148. The Morgan fingerprint density at radius 1 is 0.440 bits per heavy atom. The molecule has 0 aromatic heterocycles. The van der Waals surface area contributed by atoms with Crippen LogP contribution in [0.15, 0.2) is 103 Å². The molecule has 0 amide bonds. The molecule has 2 nitrogen and oxygen atoms in total. The highest BCUT2D eigenvalue weighted by Crippen LogP contribution is 2.55. The van der Waals surface area contributed by atoms with E-state index in [-0.39, 0.29) is 6.29 Å². The lowest BCUT2D eigenvalue weighted by Crippen LogP contribution is -2.33. The number of hydrogen-bond acceptors (Lipinski definition) is 2. The summed E-state index contributed by atoms with van der Waals surface area (Å²) in [7, 11) is -1.73. The van der Waals surface area contributed by atoms with E-state index < -0.39 is 7.26 Å². The van der Waals surface area contributed by atoms with E-state index in [2.05, 4.69) is 117 Å². The predicted molar refractivity (Wildman–Crippen MR) is 223 cm³/mol. The molecule has 0 heterocycles. The third kappa shape index (κ3) is 16.8. The van der Waals surface area contributed by atoms with Crippen molar-refractivity contribution in [3.8, 4) is 0 Å². The van der Waals surface area contributed by atoms with Crippen molar-refractivity contribution in [1.29, 1.82) is 0 Å². The molecule has 3 aromatic carbocycles. The van der Waals surface area contributed by atoms with Crippen LogP contribution >= 0.6 is 7.26 Å². The first kappa shape index (κ1) is 42.2. The minimum absolute atomic E-state index is 0.0202. The molecule has 0 atom stereocenters. The van der Waals surface area contributed by atoms with Gasteiger partial charge in [-0.3, -0.25) is 0 Å². The van der Waals surface area contributed by atoms with Crippen LogP contribution in [0.1, 0.15) is 149 Å². The van der Waals surface area contributed by atoms with Crippen molar-refractivity contribution in [3.63, 3.8) is 0 Å². The van der Waals surface area contributed by atoms with Crippen molar-refractivity contribution in [2.45, 2.75) is 155 Å². The fraction of sp³-hybridized carbons (Fsp3) is 0.574. The summed E-state index contributed by atoms with van der Waals surface area (Å²) in [4.78, 5) is 0. The van der Waals surface area contributed by atoms with Gasteiger partial charge in [0.25, 0.3) is 0 Å². The van der Waals surface area contributed by atoms with E-state index in [4.69, 9.17) is 9.47 Å². The average Bonchev–Trinajstić information content (AvgIpc) is 3.17. The van der Waals surface area contributed by atoms with Crippen molar-refractivity contribution in [1.82, 2.24) is 0 Å². The molecule has 276 valence electrons. The van der Waals surface area contributed by atoms with Crippen LogP contribution in [0.2, 0.25) is 0 Å². The number of hydrogen-bond donors (Lipinski definition) is 0. The quantitative estimate of drug-likeness (QED) is 0.0288. The molecule has 0 spiro atoms. The van der Waals surface area contributed by atoms with Crippen LogP contribution in [0, 0.1) is 0 Å². The SMILES string of the molecule is CCCCCCCCCOC(CCCCCC=CCCC[P+](c1ccccc1)(c1ccccc1)c1ccccc1)OCCCCCCCCC. The van der Waals surface area contributed by atoms with E-state index in [9.17, 15) is 0 Å². The van der Waals surface area contributed by atoms with Crippen LogP contribution in [0.3, 0.4) is 0 Å². The minimum atomic E-state index is -1.73. The second kappa shape index (κ2) is 28.3. The average molecular weight is 700 g/mol. The molecule has 0 radical (unpaired) electrons. The van der Waals surface area contributed by atoms with Crippen LogP contribution in [-0.4, -0.2) is 25.7 Å². The molecule has 0 N–H and O–H groups in total. The van der Waals surface area contributed by atoms with Gasteiger partial charge in [-0.2, -0.15) is 0 Å². The third-order valence-corrected chi connectivity index (χ3v) is 14.6. The fourth-order valence-corrected chi connectivity index (χ4v) is 11.4. The summed E-state index contributed by atoms with van der Waals surface area (Å²) in [5, 5.41) is 4.45. The summed E-state index contributed by atoms with van der Waals surface area (Å²) in [5.41, 5.74) is 0. The molecule has 0 aliphatic heterocycles. The van der Waals surface area contributed by atoms with Gasteiger partial charge in [-0.15, -0.1) is 0 Å².